The van der Waals surface area contributed by atoms with Crippen LogP contribution in [-0.2, 0) is 11.2 Å². The largest absolute Gasteiger partial charge is 0.497 e. The minimum Gasteiger partial charge on any atom is -0.497 e. The van der Waals surface area contributed by atoms with E-state index in [1.165, 1.54) is 0 Å². The number of hydrogen-bond donors (Lipinski definition) is 2. The summed E-state index contributed by atoms with van der Waals surface area (Å²) in [5, 5.41) is 8.50. The van der Waals surface area contributed by atoms with Crippen LogP contribution in [0, 0.1) is 0 Å². The van der Waals surface area contributed by atoms with Crippen molar-refractivity contribution in [1.29, 1.82) is 0 Å². The molecule has 0 aromatic heterocycles. The third-order valence-corrected chi connectivity index (χ3v) is 1.96. The number of carboxylic acid groups (broad SMARTS) is 1. The van der Waals surface area contributed by atoms with E-state index in [4.69, 9.17) is 15.6 Å². The van der Waals surface area contributed by atoms with Gasteiger partial charge in [0.15, 0.2) is 0 Å². The van der Waals surface area contributed by atoms with Crippen LogP contribution in [0.2, 0.25) is 0 Å². The molecule has 0 amide bonds. The summed E-state index contributed by atoms with van der Waals surface area (Å²) in [5.74, 6) is -0.137. The molecule has 4 nitrogen and oxygen atoms in total. The van der Waals surface area contributed by atoms with E-state index in [-0.39, 0.29) is 6.42 Å². The second-order valence-electron chi connectivity index (χ2n) is 2.96. The second kappa shape index (κ2) is 4.50. The molecule has 0 bridgehead atoms. The molecule has 14 heavy (non-hydrogen) atoms. The van der Waals surface area contributed by atoms with Gasteiger partial charge in [0.2, 0.25) is 0 Å². The Morgan fingerprint density at radius 3 is 2.79 bits per heavy atom. The van der Waals surface area contributed by atoms with E-state index in [0.29, 0.717) is 17.9 Å². The van der Waals surface area contributed by atoms with Gasteiger partial charge in [0.05, 0.1) is 7.11 Å². The van der Waals surface area contributed by atoms with E-state index >= 15 is 0 Å². The molecule has 0 unspecified atom stereocenters. The molecule has 0 aliphatic rings. The highest BCUT2D eigenvalue weighted by Crippen LogP contribution is 2.20. The quantitative estimate of drug-likeness (QED) is 0.710. The monoisotopic (exact) mass is 195 g/mol. The van der Waals surface area contributed by atoms with Crippen LogP contribution in [0.15, 0.2) is 18.2 Å². The van der Waals surface area contributed by atoms with Gasteiger partial charge in [0.25, 0.3) is 0 Å². The third kappa shape index (κ3) is 2.65. The number of hydrogen-bond acceptors (Lipinski definition) is 3. The number of aryl methyl sites for hydroxylation is 1. The molecule has 0 spiro atoms. The predicted octanol–water partition coefficient (Wildman–Crippen LogP) is 1.29. The van der Waals surface area contributed by atoms with Crippen molar-refractivity contribution >= 4 is 11.7 Å². The lowest BCUT2D eigenvalue weighted by Crippen LogP contribution is -2.00. The maximum atomic E-state index is 10.3. The zero-order valence-electron chi connectivity index (χ0n) is 7.99. The minimum atomic E-state index is -0.819. The zero-order valence-corrected chi connectivity index (χ0v) is 7.99. The number of anilines is 1. The molecule has 0 heterocycles. The average molecular weight is 195 g/mol. The molecule has 0 aliphatic heterocycles. The molecule has 3 N–H and O–H groups in total. The van der Waals surface area contributed by atoms with E-state index in [9.17, 15) is 4.79 Å². The van der Waals surface area contributed by atoms with Crippen LogP contribution in [0.5, 0.6) is 5.75 Å². The highest BCUT2D eigenvalue weighted by atomic mass is 16.5. The Kier molecular flexibility index (Phi) is 3.34. The fourth-order valence-electron chi connectivity index (χ4n) is 1.17. The van der Waals surface area contributed by atoms with E-state index < -0.39 is 5.97 Å². The Labute approximate surface area is 82.3 Å². The van der Waals surface area contributed by atoms with Gasteiger partial charge >= 0.3 is 5.97 Å². The smallest absolute Gasteiger partial charge is 0.303 e. The van der Waals surface area contributed by atoms with Crippen molar-refractivity contribution in [3.8, 4) is 5.75 Å². The molecule has 4 heteroatoms. The molecule has 0 radical (unpaired) electrons. The van der Waals surface area contributed by atoms with Crippen LogP contribution in [0.25, 0.3) is 0 Å². The Morgan fingerprint density at radius 1 is 1.57 bits per heavy atom. The maximum absolute atomic E-state index is 10.3. The lowest BCUT2D eigenvalue weighted by Gasteiger charge is -2.06. The van der Waals surface area contributed by atoms with Gasteiger partial charge in [0, 0.05) is 18.2 Å². The normalized spacial score (nSPS) is 9.79. The molecule has 1 rings (SSSR count). The van der Waals surface area contributed by atoms with Crippen molar-refractivity contribution in [2.45, 2.75) is 12.8 Å². The van der Waals surface area contributed by atoms with Crippen LogP contribution in [-0.4, -0.2) is 18.2 Å². The van der Waals surface area contributed by atoms with Gasteiger partial charge in [-0.05, 0) is 18.1 Å². The molecule has 0 atom stereocenters. The van der Waals surface area contributed by atoms with Crippen LogP contribution in [0.3, 0.4) is 0 Å². The molecule has 0 saturated heterocycles. The lowest BCUT2D eigenvalue weighted by molar-refractivity contribution is -0.136. The lowest BCUT2D eigenvalue weighted by atomic mass is 10.1. The molecular weight excluding hydrogens is 182 g/mol. The van der Waals surface area contributed by atoms with Gasteiger partial charge in [-0.25, -0.2) is 0 Å². The Balaban J connectivity index is 2.73. The van der Waals surface area contributed by atoms with Gasteiger partial charge in [-0.2, -0.15) is 0 Å². The minimum absolute atomic E-state index is 0.0938. The molecule has 0 fully saturated rings. The second-order valence-corrected chi connectivity index (χ2v) is 2.96. The van der Waals surface area contributed by atoms with Crippen LogP contribution in [0.1, 0.15) is 12.0 Å². The van der Waals surface area contributed by atoms with Crippen molar-refractivity contribution < 1.29 is 14.6 Å². The summed E-state index contributed by atoms with van der Waals surface area (Å²) in [4.78, 5) is 10.3. The van der Waals surface area contributed by atoms with Crippen molar-refractivity contribution in [2.24, 2.45) is 0 Å². The Morgan fingerprint density at radius 2 is 2.29 bits per heavy atom. The van der Waals surface area contributed by atoms with Gasteiger partial charge in [-0.1, -0.05) is 6.07 Å². The summed E-state index contributed by atoms with van der Waals surface area (Å²) in [5.41, 5.74) is 7.13. The predicted molar refractivity (Wildman–Crippen MR) is 53.4 cm³/mol. The summed E-state index contributed by atoms with van der Waals surface area (Å²) in [6.07, 6.45) is 0.543. The van der Waals surface area contributed by atoms with E-state index in [1.54, 1.807) is 25.3 Å². The first-order valence-electron chi connectivity index (χ1n) is 4.27. The van der Waals surface area contributed by atoms with Gasteiger partial charge in [-0.15, -0.1) is 0 Å². The standard InChI is InChI=1S/C10H13NO3/c1-14-8-4-2-7(9(11)6-8)3-5-10(12)13/h2,4,6H,3,5,11H2,1H3,(H,12,13). The number of carboxylic acids is 1. The van der Waals surface area contributed by atoms with Crippen molar-refractivity contribution in [3.63, 3.8) is 0 Å². The Bertz CT molecular complexity index is 336. The first-order valence-corrected chi connectivity index (χ1v) is 4.27. The number of ether oxygens (including phenoxy) is 1. The first kappa shape index (κ1) is 10.4. The van der Waals surface area contributed by atoms with Gasteiger partial charge < -0.3 is 15.6 Å². The molecule has 0 saturated carbocycles. The number of nitrogens with two attached hydrogens (primary N) is 1. The van der Waals surface area contributed by atoms with Gasteiger partial charge in [-0.3, -0.25) is 4.79 Å². The molecule has 1 aromatic carbocycles. The highest BCUT2D eigenvalue weighted by Gasteiger charge is 2.03. The molecule has 76 valence electrons. The maximum Gasteiger partial charge on any atom is 0.303 e. The third-order valence-electron chi connectivity index (χ3n) is 1.96. The topological polar surface area (TPSA) is 72.5 Å². The first-order chi connectivity index (χ1) is 6.63. The number of benzene rings is 1. The molecule has 0 aliphatic carbocycles. The SMILES string of the molecule is COc1ccc(CCC(=O)O)c(N)c1. The average Bonchev–Trinajstić information content (AvgIpc) is 2.15. The summed E-state index contributed by atoms with van der Waals surface area (Å²) < 4.78 is 4.98. The van der Waals surface area contributed by atoms with Crippen molar-refractivity contribution in [3.05, 3.63) is 23.8 Å². The number of rotatable bonds is 4. The Hall–Kier alpha value is -1.71. The fourth-order valence-corrected chi connectivity index (χ4v) is 1.17. The van der Waals surface area contributed by atoms with E-state index in [0.717, 1.165) is 5.56 Å². The molecular formula is C10H13NO3. The van der Waals surface area contributed by atoms with Crippen molar-refractivity contribution in [1.82, 2.24) is 0 Å². The van der Waals surface area contributed by atoms with E-state index in [2.05, 4.69) is 0 Å². The fraction of sp³-hybridized carbons (Fsp3) is 0.300. The number of methoxy groups -OCH3 is 1. The van der Waals surface area contributed by atoms with Crippen LogP contribution < -0.4 is 10.5 Å². The number of carbonyl (C=O) groups is 1. The van der Waals surface area contributed by atoms with Gasteiger partial charge in [0.1, 0.15) is 5.75 Å². The summed E-state index contributed by atoms with van der Waals surface area (Å²) in [7, 11) is 1.56. The van der Waals surface area contributed by atoms with Crippen LogP contribution >= 0.6 is 0 Å². The zero-order chi connectivity index (χ0) is 10.6. The molecule has 1 aromatic rings. The summed E-state index contributed by atoms with van der Waals surface area (Å²) >= 11 is 0. The summed E-state index contributed by atoms with van der Waals surface area (Å²) in [6.45, 7) is 0. The number of aliphatic carboxylic acids is 1. The summed E-state index contributed by atoms with van der Waals surface area (Å²) in [6, 6.07) is 5.25. The highest BCUT2D eigenvalue weighted by molar-refractivity contribution is 5.67. The number of nitrogen functional groups attached to an aromatic ring is 1. The van der Waals surface area contributed by atoms with Crippen LogP contribution in [0.4, 0.5) is 5.69 Å². The van der Waals surface area contributed by atoms with E-state index in [1.807, 2.05) is 0 Å². The van der Waals surface area contributed by atoms with Crippen molar-refractivity contribution in [2.75, 3.05) is 12.8 Å².